The smallest absolute Gasteiger partial charge is 0.274 e. The van der Waals surface area contributed by atoms with Crippen molar-refractivity contribution in [2.24, 2.45) is 0 Å². The summed E-state index contributed by atoms with van der Waals surface area (Å²) in [6.45, 7) is 1.53. The molecule has 0 unspecified atom stereocenters. The number of nitrogens with zero attached hydrogens (tertiary/aromatic N) is 3. The van der Waals surface area contributed by atoms with E-state index in [1.807, 2.05) is 30.3 Å². The first kappa shape index (κ1) is 14.1. The van der Waals surface area contributed by atoms with E-state index in [1.54, 1.807) is 18.2 Å². The zero-order valence-corrected chi connectivity index (χ0v) is 11.4. The lowest BCUT2D eigenvalue weighted by molar-refractivity contribution is 0.0674. The number of ether oxygens (including phenoxy) is 1. The topological polar surface area (TPSA) is 55.3 Å². The van der Waals surface area contributed by atoms with E-state index in [0.717, 1.165) is 5.56 Å². The Morgan fingerprint density at radius 3 is 2.70 bits per heavy atom. The lowest BCUT2D eigenvalue weighted by Gasteiger charge is -2.22. The second-order valence-electron chi connectivity index (χ2n) is 4.30. The van der Waals surface area contributed by atoms with Gasteiger partial charge in [-0.2, -0.15) is 0 Å². The number of amides is 1. The zero-order chi connectivity index (χ0) is 14.2. The molecule has 0 atom stereocenters. The van der Waals surface area contributed by atoms with Crippen LogP contribution in [0.4, 0.5) is 0 Å². The lowest BCUT2D eigenvalue weighted by Crippen LogP contribution is -2.34. The lowest BCUT2D eigenvalue weighted by atomic mass is 10.2. The maximum atomic E-state index is 12.4. The van der Waals surface area contributed by atoms with Crippen LogP contribution in [0.25, 0.3) is 0 Å². The van der Waals surface area contributed by atoms with Gasteiger partial charge in [0.2, 0.25) is 0 Å². The monoisotopic (exact) mass is 271 g/mol. The standard InChI is InChI=1S/C15H17N3O2/c1-20-10-9-18(12-13-5-3-2-4-6-13)15(19)14-11-16-7-8-17-14/h2-8,11H,9-10,12H2,1H3. The normalized spacial score (nSPS) is 10.2. The number of carbonyl (C=O) groups excluding carboxylic acids is 1. The molecule has 0 aliphatic carbocycles. The van der Waals surface area contributed by atoms with Gasteiger partial charge in [-0.05, 0) is 5.56 Å². The Morgan fingerprint density at radius 1 is 1.25 bits per heavy atom. The van der Waals surface area contributed by atoms with Crippen LogP contribution in [0.2, 0.25) is 0 Å². The highest BCUT2D eigenvalue weighted by atomic mass is 16.5. The Balaban J connectivity index is 2.13. The molecule has 2 aromatic rings. The van der Waals surface area contributed by atoms with Crippen molar-refractivity contribution in [1.82, 2.24) is 14.9 Å². The molecule has 2 rings (SSSR count). The van der Waals surface area contributed by atoms with E-state index < -0.39 is 0 Å². The fourth-order valence-electron chi connectivity index (χ4n) is 1.83. The molecule has 0 aliphatic rings. The van der Waals surface area contributed by atoms with Crippen LogP contribution in [0, 0.1) is 0 Å². The molecule has 0 saturated heterocycles. The molecule has 1 aromatic heterocycles. The van der Waals surface area contributed by atoms with Gasteiger partial charge in [0.05, 0.1) is 12.8 Å². The summed E-state index contributed by atoms with van der Waals surface area (Å²) in [5.74, 6) is -0.140. The molecule has 104 valence electrons. The van der Waals surface area contributed by atoms with Crippen LogP contribution >= 0.6 is 0 Å². The first-order chi connectivity index (χ1) is 9.81. The molecule has 0 radical (unpaired) electrons. The van der Waals surface area contributed by atoms with E-state index in [0.29, 0.717) is 25.4 Å². The van der Waals surface area contributed by atoms with Crippen LogP contribution in [0.1, 0.15) is 16.1 Å². The van der Waals surface area contributed by atoms with Gasteiger partial charge in [0, 0.05) is 32.6 Å². The second-order valence-corrected chi connectivity index (χ2v) is 4.30. The van der Waals surface area contributed by atoms with Gasteiger partial charge in [0.15, 0.2) is 0 Å². The molecule has 0 aliphatic heterocycles. The molecule has 0 bridgehead atoms. The summed E-state index contributed by atoms with van der Waals surface area (Å²) in [4.78, 5) is 22.1. The Kier molecular flexibility index (Phi) is 5.20. The van der Waals surface area contributed by atoms with Crippen molar-refractivity contribution in [3.05, 3.63) is 60.2 Å². The van der Waals surface area contributed by atoms with E-state index in [9.17, 15) is 4.79 Å². The fraction of sp³-hybridized carbons (Fsp3) is 0.267. The van der Waals surface area contributed by atoms with Gasteiger partial charge in [-0.25, -0.2) is 4.98 Å². The van der Waals surface area contributed by atoms with Crippen LogP contribution in [0.15, 0.2) is 48.9 Å². The molecule has 1 aromatic carbocycles. The molecule has 1 amide bonds. The summed E-state index contributed by atoms with van der Waals surface area (Å²) >= 11 is 0. The van der Waals surface area contributed by atoms with E-state index in [-0.39, 0.29) is 5.91 Å². The summed E-state index contributed by atoms with van der Waals surface area (Å²) in [6, 6.07) is 9.84. The highest BCUT2D eigenvalue weighted by molar-refractivity contribution is 5.91. The molecule has 1 heterocycles. The van der Waals surface area contributed by atoms with Crippen molar-refractivity contribution >= 4 is 5.91 Å². The van der Waals surface area contributed by atoms with Crippen LogP contribution < -0.4 is 0 Å². The summed E-state index contributed by atoms with van der Waals surface area (Å²) < 4.78 is 5.07. The molecule has 0 saturated carbocycles. The largest absolute Gasteiger partial charge is 0.383 e. The molecule has 0 N–H and O–H groups in total. The van der Waals surface area contributed by atoms with Crippen molar-refractivity contribution < 1.29 is 9.53 Å². The number of methoxy groups -OCH3 is 1. The van der Waals surface area contributed by atoms with Crippen molar-refractivity contribution in [2.45, 2.75) is 6.54 Å². The van der Waals surface area contributed by atoms with Gasteiger partial charge < -0.3 is 9.64 Å². The summed E-state index contributed by atoms with van der Waals surface area (Å²) in [5.41, 5.74) is 1.42. The Labute approximate surface area is 118 Å². The third-order valence-electron chi connectivity index (χ3n) is 2.85. The SMILES string of the molecule is COCCN(Cc1ccccc1)C(=O)c1cnccn1. The maximum Gasteiger partial charge on any atom is 0.274 e. The number of rotatable bonds is 6. The first-order valence-electron chi connectivity index (χ1n) is 6.39. The molecule has 5 nitrogen and oxygen atoms in total. The number of hydrogen-bond donors (Lipinski definition) is 0. The highest BCUT2D eigenvalue weighted by Gasteiger charge is 2.17. The number of benzene rings is 1. The minimum absolute atomic E-state index is 0.140. The van der Waals surface area contributed by atoms with Crippen LogP contribution in [0.3, 0.4) is 0 Å². The summed E-state index contributed by atoms with van der Waals surface area (Å²) in [5, 5.41) is 0. The number of hydrogen-bond acceptors (Lipinski definition) is 4. The van der Waals surface area contributed by atoms with Crippen molar-refractivity contribution in [1.29, 1.82) is 0 Å². The average molecular weight is 271 g/mol. The van der Waals surface area contributed by atoms with Gasteiger partial charge in [-0.1, -0.05) is 30.3 Å². The Hall–Kier alpha value is -2.27. The average Bonchev–Trinajstić information content (AvgIpc) is 2.52. The first-order valence-corrected chi connectivity index (χ1v) is 6.39. The predicted molar refractivity (Wildman–Crippen MR) is 75.1 cm³/mol. The minimum atomic E-state index is -0.140. The number of aromatic nitrogens is 2. The number of carbonyl (C=O) groups is 1. The molecule has 0 spiro atoms. The Morgan fingerprint density at radius 2 is 2.05 bits per heavy atom. The maximum absolute atomic E-state index is 12.4. The Bertz CT molecular complexity index is 531. The van der Waals surface area contributed by atoms with Crippen molar-refractivity contribution in [3.8, 4) is 0 Å². The molecule has 20 heavy (non-hydrogen) atoms. The second kappa shape index (κ2) is 7.35. The van der Waals surface area contributed by atoms with Crippen LogP contribution in [-0.2, 0) is 11.3 Å². The quantitative estimate of drug-likeness (QED) is 0.803. The van der Waals surface area contributed by atoms with Crippen molar-refractivity contribution in [2.75, 3.05) is 20.3 Å². The van der Waals surface area contributed by atoms with Gasteiger partial charge in [0.25, 0.3) is 5.91 Å². The van der Waals surface area contributed by atoms with Crippen LogP contribution in [0.5, 0.6) is 0 Å². The summed E-state index contributed by atoms with van der Waals surface area (Å²) in [7, 11) is 1.62. The molecule has 5 heteroatoms. The predicted octanol–water partition coefficient (Wildman–Crippen LogP) is 1.77. The fourth-order valence-corrected chi connectivity index (χ4v) is 1.83. The summed E-state index contributed by atoms with van der Waals surface area (Å²) in [6.07, 6.45) is 4.55. The third-order valence-corrected chi connectivity index (χ3v) is 2.85. The molecule has 0 fully saturated rings. The molecular formula is C15H17N3O2. The van der Waals surface area contributed by atoms with E-state index in [4.69, 9.17) is 4.74 Å². The third kappa shape index (κ3) is 3.86. The van der Waals surface area contributed by atoms with Gasteiger partial charge in [-0.15, -0.1) is 0 Å². The van der Waals surface area contributed by atoms with E-state index >= 15 is 0 Å². The highest BCUT2D eigenvalue weighted by Crippen LogP contribution is 2.08. The minimum Gasteiger partial charge on any atom is -0.383 e. The van der Waals surface area contributed by atoms with Gasteiger partial charge in [-0.3, -0.25) is 9.78 Å². The molecular weight excluding hydrogens is 254 g/mol. The van der Waals surface area contributed by atoms with E-state index in [1.165, 1.54) is 12.4 Å². The van der Waals surface area contributed by atoms with Crippen molar-refractivity contribution in [3.63, 3.8) is 0 Å². The van der Waals surface area contributed by atoms with Gasteiger partial charge >= 0.3 is 0 Å². The van der Waals surface area contributed by atoms with Gasteiger partial charge in [0.1, 0.15) is 5.69 Å². The van der Waals surface area contributed by atoms with Crippen LogP contribution in [-0.4, -0.2) is 41.0 Å². The van der Waals surface area contributed by atoms with E-state index in [2.05, 4.69) is 9.97 Å². The zero-order valence-electron chi connectivity index (χ0n) is 11.4.